The van der Waals surface area contributed by atoms with Crippen LogP contribution in [-0.4, -0.2) is 50.9 Å². The van der Waals surface area contributed by atoms with Crippen molar-refractivity contribution in [3.05, 3.63) is 53.6 Å². The van der Waals surface area contributed by atoms with E-state index in [4.69, 9.17) is 15.5 Å². The van der Waals surface area contributed by atoms with Crippen LogP contribution in [0.25, 0.3) is 0 Å². The number of carbonyl (C=O) groups is 1. The average molecular weight is 512 g/mol. The Morgan fingerprint density at radius 3 is 2.74 bits per heavy atom. The highest BCUT2D eigenvalue weighted by molar-refractivity contribution is 8.29. The van der Waals surface area contributed by atoms with Gasteiger partial charge >= 0.3 is 0 Å². The second kappa shape index (κ2) is 8.99. The lowest BCUT2D eigenvalue weighted by atomic mass is 9.85. The fourth-order valence-corrected chi connectivity index (χ4v) is 7.98. The van der Waals surface area contributed by atoms with Crippen LogP contribution in [0.3, 0.4) is 0 Å². The number of hydrogen-bond donors (Lipinski definition) is 4. The molecule has 4 rings (SSSR count). The van der Waals surface area contributed by atoms with Crippen LogP contribution in [0, 0.1) is 5.82 Å². The zero-order valence-corrected chi connectivity index (χ0v) is 20.3. The number of amidine groups is 1. The maximum atomic E-state index is 14.5. The van der Waals surface area contributed by atoms with Gasteiger partial charge in [0.25, 0.3) is 12.3 Å². The first kappa shape index (κ1) is 25.3. The molecule has 35 heavy (non-hydrogen) atoms. The van der Waals surface area contributed by atoms with Crippen LogP contribution < -0.4 is 20.5 Å². The minimum atomic E-state index is -2.63. The third-order valence-electron chi connectivity index (χ3n) is 6.63. The lowest BCUT2D eigenvalue weighted by Gasteiger charge is -2.56. The molecule has 0 spiro atoms. The van der Waals surface area contributed by atoms with Gasteiger partial charge < -0.3 is 20.3 Å². The second-order valence-corrected chi connectivity index (χ2v) is 12.3. The van der Waals surface area contributed by atoms with Gasteiger partial charge in [-0.1, -0.05) is 10.5 Å². The van der Waals surface area contributed by atoms with Crippen LogP contribution in [0.4, 0.5) is 18.9 Å². The molecule has 0 radical (unpaired) electrons. The summed E-state index contributed by atoms with van der Waals surface area (Å²) < 4.78 is 58.1. The van der Waals surface area contributed by atoms with Crippen LogP contribution in [-0.2, 0) is 5.54 Å². The van der Waals surface area contributed by atoms with Gasteiger partial charge in [0, 0.05) is 17.8 Å². The summed E-state index contributed by atoms with van der Waals surface area (Å²) in [7, 11) is -2.48. The molecule has 190 valence electrons. The number of pyridine rings is 1. The minimum absolute atomic E-state index is 0.00674. The molecule has 12 heteroatoms. The predicted molar refractivity (Wildman–Crippen MR) is 130 cm³/mol. The summed E-state index contributed by atoms with van der Waals surface area (Å²) in [5, 5.41) is 2.37. The molecule has 2 aliphatic heterocycles. The highest BCUT2D eigenvalue weighted by Crippen LogP contribution is 2.67. The number of carbonyl (C=O) groups excluding carboxylic acids is 1. The topological polar surface area (TPSA) is 122 Å². The molecule has 8 nitrogen and oxygen atoms in total. The van der Waals surface area contributed by atoms with Gasteiger partial charge in [-0.15, -0.1) is 0 Å². The van der Waals surface area contributed by atoms with Gasteiger partial charge in [-0.3, -0.25) is 14.5 Å². The molecule has 5 N–H and O–H groups in total. The van der Waals surface area contributed by atoms with Gasteiger partial charge in [0.2, 0.25) is 0 Å². The molecule has 1 aromatic heterocycles. The number of hydrogen-bond acceptors (Lipinski definition) is 7. The summed E-state index contributed by atoms with van der Waals surface area (Å²) >= 11 is 0. The van der Waals surface area contributed by atoms with Gasteiger partial charge in [-0.2, -0.15) is 0 Å². The number of nitrogens with one attached hydrogen (secondary N) is 2. The van der Waals surface area contributed by atoms with E-state index < -0.39 is 45.5 Å². The van der Waals surface area contributed by atoms with Crippen molar-refractivity contribution in [2.75, 3.05) is 18.5 Å². The number of amides is 1. The van der Waals surface area contributed by atoms with Crippen molar-refractivity contribution in [2.45, 2.75) is 49.2 Å². The Kier molecular flexibility index (Phi) is 6.49. The van der Waals surface area contributed by atoms with E-state index in [1.54, 1.807) is 6.92 Å². The summed E-state index contributed by atoms with van der Waals surface area (Å²) in [6, 6.07) is 6.62. The molecular formula is C23H28F3N5O3S. The molecule has 1 aromatic carbocycles. The maximum absolute atomic E-state index is 14.5. The van der Waals surface area contributed by atoms with Crippen LogP contribution in [0.2, 0.25) is 0 Å². The number of aliphatic imine (C=N–C) groups is 1. The van der Waals surface area contributed by atoms with Crippen molar-refractivity contribution < 1.29 is 27.3 Å². The summed E-state index contributed by atoms with van der Waals surface area (Å²) in [6.07, 6.45) is -0.868. The van der Waals surface area contributed by atoms with E-state index >= 15 is 0 Å². The first-order valence-corrected chi connectivity index (χ1v) is 12.7. The van der Waals surface area contributed by atoms with Crippen molar-refractivity contribution >= 4 is 27.9 Å². The van der Waals surface area contributed by atoms with Crippen LogP contribution in [0.5, 0.6) is 5.75 Å². The third kappa shape index (κ3) is 4.34. The Bertz CT molecular complexity index is 1160. The van der Waals surface area contributed by atoms with E-state index in [9.17, 15) is 22.5 Å². The standard InChI is InChI=1S/C23H28F3N5O3S/c1-22(2)21(27)31-23(3,18-8-9-29-35(18,22)33)15-10-13(24)4-6-16(15)30-20(32)17-7-5-14(11-28-17)34-12-19(25)26/h4-7,10-11,18-19,29,33H,8-9,12H2,1-3H3,(H2,27,31)(H,30,32)/t18-,23+/m0/s1. The summed E-state index contributed by atoms with van der Waals surface area (Å²) in [5.41, 5.74) is 5.89. The van der Waals surface area contributed by atoms with E-state index in [-0.39, 0.29) is 22.5 Å². The van der Waals surface area contributed by atoms with Gasteiger partial charge in [0.05, 0.1) is 16.2 Å². The number of aromatic nitrogens is 1. The molecular weight excluding hydrogens is 483 g/mol. The average Bonchev–Trinajstić information content (AvgIpc) is 3.22. The Hall–Kier alpha value is -2.83. The van der Waals surface area contributed by atoms with Crippen LogP contribution >= 0.6 is 10.5 Å². The molecule has 2 aromatic rings. The van der Waals surface area contributed by atoms with Gasteiger partial charge in [0.15, 0.2) is 0 Å². The van der Waals surface area contributed by atoms with E-state index in [1.165, 1.54) is 36.5 Å². The zero-order valence-electron chi connectivity index (χ0n) is 19.5. The molecule has 3 heterocycles. The molecule has 0 aliphatic carbocycles. The monoisotopic (exact) mass is 511 g/mol. The van der Waals surface area contributed by atoms with E-state index in [2.05, 4.69) is 15.0 Å². The number of ether oxygens (including phenoxy) is 1. The van der Waals surface area contributed by atoms with Crippen molar-refractivity contribution in [1.82, 2.24) is 9.71 Å². The molecule has 1 saturated heterocycles. The predicted octanol–water partition coefficient (Wildman–Crippen LogP) is 4.04. The zero-order chi connectivity index (χ0) is 25.6. The summed E-state index contributed by atoms with van der Waals surface area (Å²) in [4.78, 5) is 21.7. The second-order valence-electron chi connectivity index (χ2n) is 9.18. The molecule has 3 atom stereocenters. The number of nitrogens with two attached hydrogens (primary N) is 1. The highest BCUT2D eigenvalue weighted by Gasteiger charge is 2.60. The van der Waals surface area contributed by atoms with Crippen LogP contribution in [0.1, 0.15) is 43.2 Å². The fourth-order valence-electron chi connectivity index (χ4n) is 4.61. The number of nitrogens with zero attached hydrogens (tertiary/aromatic N) is 2. The lowest BCUT2D eigenvalue weighted by Crippen LogP contribution is -2.57. The molecule has 2 aliphatic rings. The van der Waals surface area contributed by atoms with Crippen molar-refractivity contribution in [2.24, 2.45) is 10.7 Å². The quantitative estimate of drug-likeness (QED) is 0.465. The molecule has 1 fully saturated rings. The normalized spacial score (nSPS) is 29.1. The smallest absolute Gasteiger partial charge is 0.274 e. The van der Waals surface area contributed by atoms with Crippen molar-refractivity contribution in [3.63, 3.8) is 0 Å². The van der Waals surface area contributed by atoms with E-state index in [0.29, 0.717) is 24.2 Å². The maximum Gasteiger partial charge on any atom is 0.274 e. The Labute approximate surface area is 202 Å². The Morgan fingerprint density at radius 1 is 1.34 bits per heavy atom. The van der Waals surface area contributed by atoms with E-state index in [0.717, 1.165) is 0 Å². The van der Waals surface area contributed by atoms with Crippen LogP contribution in [0.15, 0.2) is 41.5 Å². The summed E-state index contributed by atoms with van der Waals surface area (Å²) in [5.74, 6) is -0.781. The highest BCUT2D eigenvalue weighted by atomic mass is 32.3. The number of halogens is 3. The SMILES string of the molecule is CC1(C)C(N)=N[C@](C)(c2cc(F)ccc2NC(=O)c2ccc(OCC(F)F)cn2)[C@@H]2CCNS21O. The minimum Gasteiger partial charge on any atom is -0.486 e. The van der Waals surface area contributed by atoms with Gasteiger partial charge in [-0.25, -0.2) is 18.2 Å². The molecule has 0 saturated carbocycles. The van der Waals surface area contributed by atoms with E-state index in [1.807, 2.05) is 13.8 Å². The largest absolute Gasteiger partial charge is 0.486 e. The molecule has 0 bridgehead atoms. The number of fused-ring (bicyclic) bond motifs is 1. The Morgan fingerprint density at radius 2 is 2.09 bits per heavy atom. The molecule has 1 unspecified atom stereocenters. The number of benzene rings is 1. The first-order chi connectivity index (χ1) is 16.4. The number of alkyl halides is 2. The fraction of sp³-hybridized carbons (Fsp3) is 0.435. The van der Waals surface area contributed by atoms with Gasteiger partial charge in [-0.05, 0) is 57.5 Å². The van der Waals surface area contributed by atoms with Gasteiger partial charge in [0.1, 0.15) is 35.2 Å². The molecule has 1 amide bonds. The van der Waals surface area contributed by atoms with Crippen molar-refractivity contribution in [1.29, 1.82) is 0 Å². The third-order valence-corrected chi connectivity index (χ3v) is 10.6. The summed E-state index contributed by atoms with van der Waals surface area (Å²) in [6.45, 7) is 5.22. The lowest BCUT2D eigenvalue weighted by molar-refractivity contribution is 0.0816. The Balaban J connectivity index is 1.68. The first-order valence-electron chi connectivity index (χ1n) is 11.0. The number of rotatable bonds is 6. The number of anilines is 1. The van der Waals surface area contributed by atoms with Crippen molar-refractivity contribution in [3.8, 4) is 5.75 Å².